The van der Waals surface area contributed by atoms with Crippen LogP contribution >= 0.6 is 0 Å². The first-order valence-electron chi connectivity index (χ1n) is 11.2. The molecule has 1 aromatic carbocycles. The molecular formula is C25H27N5O2. The van der Waals surface area contributed by atoms with Crippen molar-refractivity contribution in [3.63, 3.8) is 0 Å². The molecule has 1 aliphatic rings. The van der Waals surface area contributed by atoms with Gasteiger partial charge in [0.05, 0.1) is 5.52 Å². The lowest BCUT2D eigenvalue weighted by atomic mass is 9.89. The maximum Gasteiger partial charge on any atom is 0.267 e. The molecule has 7 nitrogen and oxygen atoms in total. The lowest BCUT2D eigenvalue weighted by Crippen LogP contribution is -2.19. The van der Waals surface area contributed by atoms with Crippen molar-refractivity contribution >= 4 is 22.5 Å². The fourth-order valence-electron chi connectivity index (χ4n) is 4.58. The van der Waals surface area contributed by atoms with Gasteiger partial charge in [-0.2, -0.15) is 4.98 Å². The molecule has 1 aliphatic carbocycles. The predicted molar refractivity (Wildman–Crippen MR) is 125 cm³/mol. The first kappa shape index (κ1) is 20.4. The van der Waals surface area contributed by atoms with E-state index in [1.165, 1.54) is 19.3 Å². The molecule has 1 saturated carbocycles. The summed E-state index contributed by atoms with van der Waals surface area (Å²) in [4.78, 5) is 22.1. The van der Waals surface area contributed by atoms with Gasteiger partial charge in [-0.1, -0.05) is 25.3 Å². The number of aryl methyl sites for hydroxylation is 3. The van der Waals surface area contributed by atoms with Crippen LogP contribution in [0.1, 0.15) is 55.2 Å². The van der Waals surface area contributed by atoms with E-state index >= 15 is 0 Å². The van der Waals surface area contributed by atoms with Crippen molar-refractivity contribution in [3.05, 3.63) is 64.0 Å². The Morgan fingerprint density at radius 1 is 1.06 bits per heavy atom. The summed E-state index contributed by atoms with van der Waals surface area (Å²) >= 11 is 0. The Morgan fingerprint density at radius 2 is 1.88 bits per heavy atom. The van der Waals surface area contributed by atoms with E-state index in [1.54, 1.807) is 11.6 Å². The average Bonchev–Trinajstić information content (AvgIpc) is 3.27. The normalized spacial score (nSPS) is 14.7. The van der Waals surface area contributed by atoms with Crippen molar-refractivity contribution in [3.8, 4) is 11.1 Å². The molecule has 5 rings (SSSR count). The molecule has 3 aromatic heterocycles. The first-order chi connectivity index (χ1) is 15.5. The Morgan fingerprint density at radius 3 is 2.69 bits per heavy atom. The average molecular weight is 430 g/mol. The molecule has 4 aromatic rings. The largest absolute Gasteiger partial charge is 0.337 e. The third kappa shape index (κ3) is 3.79. The van der Waals surface area contributed by atoms with Gasteiger partial charge in [0.15, 0.2) is 0 Å². The van der Waals surface area contributed by atoms with Gasteiger partial charge in [-0.25, -0.2) is 0 Å². The summed E-state index contributed by atoms with van der Waals surface area (Å²) in [5.74, 6) is 1.52. The molecule has 3 heterocycles. The highest BCUT2D eigenvalue weighted by Gasteiger charge is 2.21. The quantitative estimate of drug-likeness (QED) is 0.468. The van der Waals surface area contributed by atoms with Crippen LogP contribution < -0.4 is 10.9 Å². The summed E-state index contributed by atoms with van der Waals surface area (Å²) in [6, 6.07) is 9.79. The summed E-state index contributed by atoms with van der Waals surface area (Å²) < 4.78 is 7.21. The van der Waals surface area contributed by atoms with Crippen LogP contribution in [0.3, 0.4) is 0 Å². The second kappa shape index (κ2) is 8.22. The molecule has 1 N–H and O–H groups in total. The summed E-state index contributed by atoms with van der Waals surface area (Å²) in [7, 11) is 1.80. The monoisotopic (exact) mass is 429 g/mol. The maximum atomic E-state index is 13.2. The van der Waals surface area contributed by atoms with Crippen molar-refractivity contribution in [2.24, 2.45) is 7.05 Å². The van der Waals surface area contributed by atoms with E-state index in [1.807, 2.05) is 50.4 Å². The topological polar surface area (TPSA) is 85.8 Å². The zero-order valence-electron chi connectivity index (χ0n) is 18.7. The van der Waals surface area contributed by atoms with Gasteiger partial charge in [-0.05, 0) is 67.2 Å². The Labute approximate surface area is 186 Å². The van der Waals surface area contributed by atoms with Gasteiger partial charge in [0.2, 0.25) is 5.89 Å². The van der Waals surface area contributed by atoms with Crippen molar-refractivity contribution < 1.29 is 4.52 Å². The van der Waals surface area contributed by atoms with Crippen LogP contribution in [0.25, 0.3) is 22.0 Å². The fraction of sp³-hybridized carbons (Fsp3) is 0.360. The van der Waals surface area contributed by atoms with Gasteiger partial charge in [-0.15, -0.1) is 0 Å². The van der Waals surface area contributed by atoms with Gasteiger partial charge in [0, 0.05) is 41.5 Å². The number of pyridine rings is 2. The van der Waals surface area contributed by atoms with E-state index in [-0.39, 0.29) is 5.56 Å². The number of fused-ring (bicyclic) bond motifs is 1. The highest BCUT2D eigenvalue weighted by molar-refractivity contribution is 5.85. The molecule has 0 radical (unpaired) electrons. The Kier molecular flexibility index (Phi) is 5.25. The Balaban J connectivity index is 1.48. The van der Waals surface area contributed by atoms with Crippen molar-refractivity contribution in [1.29, 1.82) is 0 Å². The zero-order chi connectivity index (χ0) is 22.2. The van der Waals surface area contributed by atoms with Crippen molar-refractivity contribution in [2.45, 2.75) is 51.9 Å². The minimum Gasteiger partial charge on any atom is -0.337 e. The van der Waals surface area contributed by atoms with Crippen LogP contribution in [-0.2, 0) is 7.05 Å². The van der Waals surface area contributed by atoms with Gasteiger partial charge in [0.25, 0.3) is 11.5 Å². The minimum atomic E-state index is -0.0394. The van der Waals surface area contributed by atoms with Crippen molar-refractivity contribution in [2.75, 3.05) is 5.32 Å². The first-order valence-corrected chi connectivity index (χ1v) is 11.2. The number of nitrogens with one attached hydrogen (secondary N) is 1. The van der Waals surface area contributed by atoms with Crippen LogP contribution in [-0.4, -0.2) is 19.7 Å². The van der Waals surface area contributed by atoms with Gasteiger partial charge < -0.3 is 14.4 Å². The molecule has 0 atom stereocenters. The molecule has 7 heteroatoms. The van der Waals surface area contributed by atoms with Gasteiger partial charge >= 0.3 is 0 Å². The third-order valence-corrected chi connectivity index (χ3v) is 6.42. The molecule has 1 fully saturated rings. The van der Waals surface area contributed by atoms with E-state index in [9.17, 15) is 4.79 Å². The number of benzene rings is 1. The van der Waals surface area contributed by atoms with E-state index in [4.69, 9.17) is 4.52 Å². The van der Waals surface area contributed by atoms with Crippen LogP contribution in [0.15, 0.2) is 45.8 Å². The molecule has 0 saturated heterocycles. The van der Waals surface area contributed by atoms with E-state index < -0.39 is 0 Å². The number of anilines is 2. The standard InChI is InChI=1S/C25H27N5O2/c1-15-9-10-19(27-25-28-23(32-29-25)17-7-5-4-6-8-17)13-20(15)21-12-18-14-26-16(2)11-22(18)30(3)24(21)31/h9-14,17H,4-8H2,1-3H3,(H,27,29). The molecule has 32 heavy (non-hydrogen) atoms. The van der Waals surface area contributed by atoms with Crippen LogP contribution in [0, 0.1) is 13.8 Å². The van der Waals surface area contributed by atoms with E-state index in [2.05, 4.69) is 20.4 Å². The predicted octanol–water partition coefficient (Wildman–Crippen LogP) is 5.39. The molecule has 0 aliphatic heterocycles. The number of hydrogen-bond acceptors (Lipinski definition) is 6. The second-order valence-electron chi connectivity index (χ2n) is 8.75. The number of nitrogens with zero attached hydrogens (tertiary/aromatic N) is 4. The van der Waals surface area contributed by atoms with Crippen molar-refractivity contribution in [1.82, 2.24) is 19.7 Å². The fourth-order valence-corrected chi connectivity index (χ4v) is 4.58. The second-order valence-corrected chi connectivity index (χ2v) is 8.75. The van der Waals surface area contributed by atoms with Gasteiger partial charge in [0.1, 0.15) is 0 Å². The molecule has 0 amide bonds. The lowest BCUT2D eigenvalue weighted by molar-refractivity contribution is 0.314. The highest BCUT2D eigenvalue weighted by Crippen LogP contribution is 2.33. The lowest BCUT2D eigenvalue weighted by Gasteiger charge is -2.17. The van der Waals surface area contributed by atoms with Crippen LogP contribution in [0.4, 0.5) is 11.6 Å². The number of aromatic nitrogens is 4. The van der Waals surface area contributed by atoms with Gasteiger partial charge in [-0.3, -0.25) is 9.78 Å². The van der Waals surface area contributed by atoms with Crippen LogP contribution in [0.2, 0.25) is 0 Å². The third-order valence-electron chi connectivity index (χ3n) is 6.42. The molecule has 0 spiro atoms. The maximum absolute atomic E-state index is 13.2. The Bertz CT molecular complexity index is 1350. The highest BCUT2D eigenvalue weighted by atomic mass is 16.5. The van der Waals surface area contributed by atoms with Crippen LogP contribution in [0.5, 0.6) is 0 Å². The molecule has 0 unspecified atom stereocenters. The SMILES string of the molecule is Cc1cc2c(cn1)cc(-c1cc(Nc3noc(C4CCCCC4)n3)ccc1C)c(=O)n2C. The molecule has 0 bridgehead atoms. The summed E-state index contributed by atoms with van der Waals surface area (Å²) in [6.45, 7) is 3.93. The van der Waals surface area contributed by atoms with E-state index in [0.717, 1.165) is 46.3 Å². The Hall–Kier alpha value is -3.48. The zero-order valence-corrected chi connectivity index (χ0v) is 18.7. The number of rotatable bonds is 4. The van der Waals surface area contributed by atoms with E-state index in [0.29, 0.717) is 23.3 Å². The molecule has 164 valence electrons. The summed E-state index contributed by atoms with van der Waals surface area (Å²) in [5.41, 5.74) is 5.06. The summed E-state index contributed by atoms with van der Waals surface area (Å²) in [5, 5.41) is 8.29. The summed E-state index contributed by atoms with van der Waals surface area (Å²) in [6.07, 6.45) is 7.74. The number of hydrogen-bond donors (Lipinski definition) is 1. The molecular weight excluding hydrogens is 402 g/mol. The smallest absolute Gasteiger partial charge is 0.267 e. The minimum absolute atomic E-state index is 0.0394.